The third-order valence-corrected chi connectivity index (χ3v) is 3.50. The van der Waals surface area contributed by atoms with Gasteiger partial charge in [-0.2, -0.15) is 0 Å². The van der Waals surface area contributed by atoms with Crippen molar-refractivity contribution in [2.75, 3.05) is 18.0 Å². The molecule has 0 bridgehead atoms. The van der Waals surface area contributed by atoms with Crippen molar-refractivity contribution >= 4 is 5.69 Å². The maximum atomic E-state index is 4.45. The fourth-order valence-corrected chi connectivity index (χ4v) is 2.34. The SMILES string of the molecule is CCCNCc1cc(N(CC)Cc2ccccc2)ccn1. The summed E-state index contributed by atoms with van der Waals surface area (Å²) in [7, 11) is 0. The summed E-state index contributed by atoms with van der Waals surface area (Å²) in [6, 6.07) is 14.9. The molecule has 0 amide bonds. The molecule has 1 aromatic carbocycles. The van der Waals surface area contributed by atoms with E-state index in [0.717, 1.165) is 38.3 Å². The number of pyridine rings is 1. The Balaban J connectivity index is 2.05. The van der Waals surface area contributed by atoms with Crippen LogP contribution in [0.1, 0.15) is 31.5 Å². The van der Waals surface area contributed by atoms with Crippen molar-refractivity contribution in [2.24, 2.45) is 0 Å². The molecule has 0 aliphatic carbocycles. The van der Waals surface area contributed by atoms with Gasteiger partial charge in [0.05, 0.1) is 5.69 Å². The Morgan fingerprint density at radius 1 is 1.10 bits per heavy atom. The van der Waals surface area contributed by atoms with Gasteiger partial charge in [-0.05, 0) is 37.6 Å². The van der Waals surface area contributed by atoms with Crippen LogP contribution in [-0.2, 0) is 13.1 Å². The van der Waals surface area contributed by atoms with Gasteiger partial charge in [-0.15, -0.1) is 0 Å². The van der Waals surface area contributed by atoms with Gasteiger partial charge in [0.15, 0.2) is 0 Å². The Hall–Kier alpha value is -1.87. The predicted molar refractivity (Wildman–Crippen MR) is 89.4 cm³/mol. The van der Waals surface area contributed by atoms with Crippen LogP contribution in [0.3, 0.4) is 0 Å². The summed E-state index contributed by atoms with van der Waals surface area (Å²) in [5, 5.41) is 3.40. The third kappa shape index (κ3) is 4.87. The monoisotopic (exact) mass is 283 g/mol. The van der Waals surface area contributed by atoms with Gasteiger partial charge in [0.1, 0.15) is 0 Å². The lowest BCUT2D eigenvalue weighted by Crippen LogP contribution is -2.22. The molecule has 0 saturated carbocycles. The standard InChI is InChI=1S/C18H25N3/c1-3-11-19-14-17-13-18(10-12-20-17)21(4-2)15-16-8-6-5-7-9-16/h5-10,12-13,19H,3-4,11,14-15H2,1-2H3. The molecular weight excluding hydrogens is 258 g/mol. The summed E-state index contributed by atoms with van der Waals surface area (Å²) in [6.45, 7) is 8.16. The Labute approximate surface area is 128 Å². The van der Waals surface area contributed by atoms with Gasteiger partial charge in [-0.25, -0.2) is 0 Å². The third-order valence-electron chi connectivity index (χ3n) is 3.50. The van der Waals surface area contributed by atoms with Crippen molar-refractivity contribution in [1.82, 2.24) is 10.3 Å². The van der Waals surface area contributed by atoms with Crippen molar-refractivity contribution in [3.8, 4) is 0 Å². The number of nitrogens with zero attached hydrogens (tertiary/aromatic N) is 2. The van der Waals surface area contributed by atoms with Crippen LogP contribution in [-0.4, -0.2) is 18.1 Å². The highest BCUT2D eigenvalue weighted by molar-refractivity contribution is 5.47. The van der Waals surface area contributed by atoms with Gasteiger partial charge in [0.25, 0.3) is 0 Å². The van der Waals surface area contributed by atoms with Crippen molar-refractivity contribution in [3.05, 3.63) is 59.9 Å². The van der Waals surface area contributed by atoms with E-state index in [0.29, 0.717) is 0 Å². The predicted octanol–water partition coefficient (Wildman–Crippen LogP) is 3.61. The number of aromatic nitrogens is 1. The normalized spacial score (nSPS) is 10.6. The van der Waals surface area contributed by atoms with E-state index in [-0.39, 0.29) is 0 Å². The summed E-state index contributed by atoms with van der Waals surface area (Å²) >= 11 is 0. The summed E-state index contributed by atoms with van der Waals surface area (Å²) in [5.41, 5.74) is 3.68. The molecule has 1 N–H and O–H groups in total. The van der Waals surface area contributed by atoms with E-state index in [1.54, 1.807) is 0 Å². The molecule has 1 heterocycles. The van der Waals surface area contributed by atoms with E-state index in [1.165, 1.54) is 11.3 Å². The first-order valence-electron chi connectivity index (χ1n) is 7.78. The topological polar surface area (TPSA) is 28.2 Å². The lowest BCUT2D eigenvalue weighted by atomic mass is 10.2. The first-order valence-corrected chi connectivity index (χ1v) is 7.78. The van der Waals surface area contributed by atoms with E-state index in [4.69, 9.17) is 0 Å². The molecular formula is C18H25N3. The van der Waals surface area contributed by atoms with Crippen LogP contribution < -0.4 is 10.2 Å². The van der Waals surface area contributed by atoms with Gasteiger partial charge in [-0.3, -0.25) is 4.98 Å². The number of rotatable bonds is 8. The zero-order valence-electron chi connectivity index (χ0n) is 13.0. The highest BCUT2D eigenvalue weighted by atomic mass is 15.1. The molecule has 1 aromatic heterocycles. The average Bonchev–Trinajstić information content (AvgIpc) is 2.54. The second kappa shape index (κ2) is 8.42. The molecule has 112 valence electrons. The molecule has 2 aromatic rings. The average molecular weight is 283 g/mol. The molecule has 0 radical (unpaired) electrons. The van der Waals surface area contributed by atoms with Crippen LogP contribution in [0.4, 0.5) is 5.69 Å². The van der Waals surface area contributed by atoms with E-state index >= 15 is 0 Å². The number of nitrogens with one attached hydrogen (secondary N) is 1. The summed E-state index contributed by atoms with van der Waals surface area (Å²) in [5.74, 6) is 0. The second-order valence-electron chi connectivity index (χ2n) is 5.18. The van der Waals surface area contributed by atoms with Crippen molar-refractivity contribution < 1.29 is 0 Å². The molecule has 0 atom stereocenters. The quantitative estimate of drug-likeness (QED) is 0.750. The van der Waals surface area contributed by atoms with Gasteiger partial charge in [-0.1, -0.05) is 37.3 Å². The second-order valence-corrected chi connectivity index (χ2v) is 5.18. The van der Waals surface area contributed by atoms with Crippen molar-refractivity contribution in [3.63, 3.8) is 0 Å². The van der Waals surface area contributed by atoms with Gasteiger partial charge in [0.2, 0.25) is 0 Å². The molecule has 21 heavy (non-hydrogen) atoms. The molecule has 3 nitrogen and oxygen atoms in total. The summed E-state index contributed by atoms with van der Waals surface area (Å²) in [4.78, 5) is 6.82. The smallest absolute Gasteiger partial charge is 0.0562 e. The van der Waals surface area contributed by atoms with Gasteiger partial charge >= 0.3 is 0 Å². The fraction of sp³-hybridized carbons (Fsp3) is 0.389. The largest absolute Gasteiger partial charge is 0.367 e. The number of hydrogen-bond donors (Lipinski definition) is 1. The molecule has 0 aliphatic heterocycles. The van der Waals surface area contributed by atoms with E-state index in [1.807, 2.05) is 6.20 Å². The van der Waals surface area contributed by atoms with Crippen LogP contribution in [0.5, 0.6) is 0 Å². The van der Waals surface area contributed by atoms with Crippen LogP contribution in [0, 0.1) is 0 Å². The first kappa shape index (κ1) is 15.5. The Kier molecular flexibility index (Phi) is 6.22. The molecule has 0 fully saturated rings. The van der Waals surface area contributed by atoms with Crippen LogP contribution >= 0.6 is 0 Å². The Morgan fingerprint density at radius 3 is 2.62 bits per heavy atom. The van der Waals surface area contributed by atoms with Crippen LogP contribution in [0.2, 0.25) is 0 Å². The van der Waals surface area contributed by atoms with E-state index < -0.39 is 0 Å². The molecule has 3 heteroatoms. The molecule has 0 aliphatic rings. The maximum absolute atomic E-state index is 4.45. The van der Waals surface area contributed by atoms with E-state index in [9.17, 15) is 0 Å². The van der Waals surface area contributed by atoms with Gasteiger partial charge in [0, 0.05) is 31.5 Å². The van der Waals surface area contributed by atoms with Gasteiger partial charge < -0.3 is 10.2 Å². The minimum atomic E-state index is 0.838. The minimum Gasteiger partial charge on any atom is -0.367 e. The lowest BCUT2D eigenvalue weighted by Gasteiger charge is -2.23. The van der Waals surface area contributed by atoms with Crippen LogP contribution in [0.25, 0.3) is 0 Å². The minimum absolute atomic E-state index is 0.838. The Bertz CT molecular complexity index is 525. The van der Waals surface area contributed by atoms with E-state index in [2.05, 4.69) is 71.5 Å². The highest BCUT2D eigenvalue weighted by Crippen LogP contribution is 2.17. The first-order chi connectivity index (χ1) is 10.3. The number of benzene rings is 1. The summed E-state index contributed by atoms with van der Waals surface area (Å²) < 4.78 is 0. The maximum Gasteiger partial charge on any atom is 0.0562 e. The highest BCUT2D eigenvalue weighted by Gasteiger charge is 2.06. The number of hydrogen-bond acceptors (Lipinski definition) is 3. The fourth-order valence-electron chi connectivity index (χ4n) is 2.34. The van der Waals surface area contributed by atoms with Crippen LogP contribution in [0.15, 0.2) is 48.7 Å². The molecule has 2 rings (SSSR count). The Morgan fingerprint density at radius 2 is 1.90 bits per heavy atom. The molecule has 0 saturated heterocycles. The zero-order valence-corrected chi connectivity index (χ0v) is 13.0. The number of anilines is 1. The lowest BCUT2D eigenvalue weighted by molar-refractivity contribution is 0.664. The van der Waals surface area contributed by atoms with Crippen molar-refractivity contribution in [2.45, 2.75) is 33.4 Å². The summed E-state index contributed by atoms with van der Waals surface area (Å²) in [6.07, 6.45) is 3.06. The molecule has 0 spiro atoms. The van der Waals surface area contributed by atoms with Crippen molar-refractivity contribution in [1.29, 1.82) is 0 Å². The molecule has 0 unspecified atom stereocenters. The zero-order chi connectivity index (χ0) is 14.9.